The Labute approximate surface area is 115 Å². The second-order valence-electron chi connectivity index (χ2n) is 6.60. The molecule has 1 aliphatic carbocycles. The largest absolute Gasteiger partial charge is 0.367 e. The normalized spacial score (nSPS) is 22.5. The minimum absolute atomic E-state index is 0.0742. The number of anilines is 1. The Morgan fingerprint density at radius 1 is 1.42 bits per heavy atom. The van der Waals surface area contributed by atoms with Gasteiger partial charge in [-0.2, -0.15) is 0 Å². The van der Waals surface area contributed by atoms with Crippen molar-refractivity contribution in [1.82, 2.24) is 9.97 Å². The van der Waals surface area contributed by atoms with E-state index in [1.807, 2.05) is 13.8 Å². The van der Waals surface area contributed by atoms with E-state index in [-0.39, 0.29) is 16.9 Å². The molecule has 0 spiro atoms. The van der Waals surface area contributed by atoms with Gasteiger partial charge in [-0.15, -0.1) is 0 Å². The second-order valence-corrected chi connectivity index (χ2v) is 6.60. The van der Waals surface area contributed by atoms with Gasteiger partial charge in [-0.25, -0.2) is 4.98 Å². The summed E-state index contributed by atoms with van der Waals surface area (Å²) in [6, 6.07) is 1.96. The molecule has 106 valence electrons. The maximum atomic E-state index is 11.7. The summed E-state index contributed by atoms with van der Waals surface area (Å²) in [5.74, 6) is 1.70. The molecule has 0 bridgehead atoms. The van der Waals surface area contributed by atoms with Crippen molar-refractivity contribution >= 4 is 5.82 Å². The molecule has 1 heterocycles. The molecule has 4 nitrogen and oxygen atoms in total. The third-order valence-corrected chi connectivity index (χ3v) is 4.14. The van der Waals surface area contributed by atoms with Crippen LogP contribution in [0.2, 0.25) is 0 Å². The molecular weight excluding hydrogens is 238 g/mol. The average Bonchev–Trinajstić information content (AvgIpc) is 2.31. The maximum absolute atomic E-state index is 11.7. The third kappa shape index (κ3) is 3.37. The van der Waals surface area contributed by atoms with Crippen LogP contribution in [0, 0.1) is 5.41 Å². The van der Waals surface area contributed by atoms with Crippen molar-refractivity contribution in [2.45, 2.75) is 65.3 Å². The van der Waals surface area contributed by atoms with Crippen molar-refractivity contribution in [3.8, 4) is 0 Å². The molecule has 1 aromatic rings. The Hall–Kier alpha value is -1.32. The topological polar surface area (TPSA) is 57.8 Å². The molecule has 1 fully saturated rings. The number of aromatic amines is 1. The van der Waals surface area contributed by atoms with Crippen LogP contribution in [0.15, 0.2) is 10.9 Å². The van der Waals surface area contributed by atoms with Crippen LogP contribution in [0.1, 0.15) is 65.1 Å². The molecule has 1 aliphatic rings. The summed E-state index contributed by atoms with van der Waals surface area (Å²) < 4.78 is 0. The van der Waals surface area contributed by atoms with E-state index >= 15 is 0 Å². The van der Waals surface area contributed by atoms with E-state index in [0.29, 0.717) is 11.9 Å². The molecular formula is C15H25N3O. The molecule has 0 radical (unpaired) electrons. The van der Waals surface area contributed by atoms with Crippen LogP contribution in [0.5, 0.6) is 0 Å². The van der Waals surface area contributed by atoms with Crippen LogP contribution < -0.4 is 10.9 Å². The summed E-state index contributed by atoms with van der Waals surface area (Å²) in [5.41, 5.74) is 0.190. The number of hydrogen-bond acceptors (Lipinski definition) is 3. The zero-order chi connectivity index (χ0) is 14.0. The summed E-state index contributed by atoms with van der Waals surface area (Å²) in [4.78, 5) is 19.0. The van der Waals surface area contributed by atoms with Crippen molar-refractivity contribution in [2.75, 3.05) is 5.32 Å². The van der Waals surface area contributed by atoms with Gasteiger partial charge in [0.15, 0.2) is 0 Å². The Kier molecular flexibility index (Phi) is 3.97. The highest BCUT2D eigenvalue weighted by atomic mass is 16.1. The molecule has 0 amide bonds. The molecule has 1 saturated carbocycles. The molecule has 1 unspecified atom stereocenters. The van der Waals surface area contributed by atoms with E-state index < -0.39 is 0 Å². The third-order valence-electron chi connectivity index (χ3n) is 4.14. The second kappa shape index (κ2) is 5.35. The monoisotopic (exact) mass is 263 g/mol. The lowest BCUT2D eigenvalue weighted by Crippen LogP contribution is -2.39. The van der Waals surface area contributed by atoms with E-state index in [1.165, 1.54) is 19.3 Å². The molecule has 0 aromatic carbocycles. The SMILES string of the molecule is CC(C)c1nc(NC2CCCCC2(C)C)cc(=O)[nH]1. The van der Waals surface area contributed by atoms with Crippen LogP contribution in [-0.2, 0) is 0 Å². The van der Waals surface area contributed by atoms with Crippen LogP contribution >= 0.6 is 0 Å². The standard InChI is InChI=1S/C15H25N3O/c1-10(2)14-17-12(9-13(19)18-14)16-11-7-5-6-8-15(11,3)4/h9-11H,5-8H2,1-4H3,(H2,16,17,18,19). The molecule has 1 atom stereocenters. The summed E-state index contributed by atoms with van der Waals surface area (Å²) in [6.45, 7) is 8.65. The van der Waals surface area contributed by atoms with Gasteiger partial charge in [0.05, 0.1) is 0 Å². The van der Waals surface area contributed by atoms with E-state index in [0.717, 1.165) is 12.2 Å². The van der Waals surface area contributed by atoms with E-state index in [2.05, 4.69) is 29.1 Å². The number of nitrogens with zero attached hydrogens (tertiary/aromatic N) is 1. The van der Waals surface area contributed by atoms with Crippen molar-refractivity contribution in [2.24, 2.45) is 5.41 Å². The van der Waals surface area contributed by atoms with Crippen molar-refractivity contribution in [3.05, 3.63) is 22.2 Å². The van der Waals surface area contributed by atoms with Gasteiger partial charge >= 0.3 is 0 Å². The van der Waals surface area contributed by atoms with Crippen LogP contribution in [-0.4, -0.2) is 16.0 Å². The van der Waals surface area contributed by atoms with Gasteiger partial charge in [-0.1, -0.05) is 40.5 Å². The molecule has 0 aliphatic heterocycles. The molecule has 19 heavy (non-hydrogen) atoms. The van der Waals surface area contributed by atoms with E-state index in [9.17, 15) is 4.79 Å². The van der Waals surface area contributed by atoms with Gasteiger partial charge in [0.1, 0.15) is 11.6 Å². The molecule has 0 saturated heterocycles. The lowest BCUT2D eigenvalue weighted by Gasteiger charge is -2.39. The fourth-order valence-electron chi connectivity index (χ4n) is 2.76. The Bertz CT molecular complexity index is 490. The first kappa shape index (κ1) is 14.1. The first-order valence-electron chi connectivity index (χ1n) is 7.26. The molecule has 4 heteroatoms. The first-order chi connectivity index (χ1) is 8.88. The van der Waals surface area contributed by atoms with Crippen molar-refractivity contribution in [1.29, 1.82) is 0 Å². The minimum atomic E-state index is -0.0742. The highest BCUT2D eigenvalue weighted by Gasteiger charge is 2.32. The predicted molar refractivity (Wildman–Crippen MR) is 78.6 cm³/mol. The summed E-state index contributed by atoms with van der Waals surface area (Å²) >= 11 is 0. The highest BCUT2D eigenvalue weighted by molar-refractivity contribution is 5.35. The Morgan fingerprint density at radius 3 is 2.79 bits per heavy atom. The number of nitrogens with one attached hydrogen (secondary N) is 2. The number of rotatable bonds is 3. The molecule has 2 rings (SSSR count). The lowest BCUT2D eigenvalue weighted by molar-refractivity contribution is 0.216. The highest BCUT2D eigenvalue weighted by Crippen LogP contribution is 2.36. The first-order valence-corrected chi connectivity index (χ1v) is 7.26. The van der Waals surface area contributed by atoms with Crippen LogP contribution in [0.4, 0.5) is 5.82 Å². The summed E-state index contributed by atoms with van der Waals surface area (Å²) in [6.07, 6.45) is 4.93. The van der Waals surface area contributed by atoms with Gasteiger partial charge in [0, 0.05) is 18.0 Å². The Morgan fingerprint density at radius 2 is 2.16 bits per heavy atom. The van der Waals surface area contributed by atoms with Crippen molar-refractivity contribution in [3.63, 3.8) is 0 Å². The number of aromatic nitrogens is 2. The fraction of sp³-hybridized carbons (Fsp3) is 0.733. The molecule has 2 N–H and O–H groups in total. The Balaban J connectivity index is 2.21. The van der Waals surface area contributed by atoms with Gasteiger partial charge in [-0.3, -0.25) is 4.79 Å². The minimum Gasteiger partial charge on any atom is -0.367 e. The maximum Gasteiger partial charge on any atom is 0.252 e. The number of hydrogen-bond donors (Lipinski definition) is 2. The fourth-order valence-corrected chi connectivity index (χ4v) is 2.76. The van der Waals surface area contributed by atoms with Gasteiger partial charge in [0.25, 0.3) is 5.56 Å². The summed E-state index contributed by atoms with van der Waals surface area (Å²) in [7, 11) is 0. The van der Waals surface area contributed by atoms with E-state index in [1.54, 1.807) is 6.07 Å². The van der Waals surface area contributed by atoms with Crippen molar-refractivity contribution < 1.29 is 0 Å². The molecule has 1 aromatic heterocycles. The van der Waals surface area contributed by atoms with Gasteiger partial charge in [0.2, 0.25) is 0 Å². The smallest absolute Gasteiger partial charge is 0.252 e. The predicted octanol–water partition coefficient (Wildman–Crippen LogP) is 3.27. The quantitative estimate of drug-likeness (QED) is 0.880. The van der Waals surface area contributed by atoms with Crippen LogP contribution in [0.3, 0.4) is 0 Å². The zero-order valence-corrected chi connectivity index (χ0v) is 12.4. The van der Waals surface area contributed by atoms with Gasteiger partial charge < -0.3 is 10.3 Å². The van der Waals surface area contributed by atoms with Gasteiger partial charge in [-0.05, 0) is 18.3 Å². The van der Waals surface area contributed by atoms with Crippen LogP contribution in [0.25, 0.3) is 0 Å². The number of H-pyrrole nitrogens is 1. The lowest BCUT2D eigenvalue weighted by atomic mass is 9.73. The summed E-state index contributed by atoms with van der Waals surface area (Å²) in [5, 5.41) is 3.48. The zero-order valence-electron chi connectivity index (χ0n) is 12.4. The average molecular weight is 263 g/mol. The van der Waals surface area contributed by atoms with E-state index in [4.69, 9.17) is 0 Å².